The van der Waals surface area contributed by atoms with Gasteiger partial charge in [-0.05, 0) is 60.7 Å². The number of carbonyl (C=O) groups excluding carboxylic acids is 1. The molecule has 0 bridgehead atoms. The average molecular weight is 465 g/mol. The maximum atomic E-state index is 12.6. The molecule has 5 rings (SSSR count). The summed E-state index contributed by atoms with van der Waals surface area (Å²) in [6.07, 6.45) is 0. The lowest BCUT2D eigenvalue weighted by atomic mass is 10.2. The molecule has 0 atom stereocenters. The molecule has 0 fully saturated rings. The van der Waals surface area contributed by atoms with Crippen molar-refractivity contribution in [2.45, 2.75) is 0 Å². The molecule has 160 valence electrons. The molecule has 1 aliphatic rings. The summed E-state index contributed by atoms with van der Waals surface area (Å²) in [6.45, 7) is 0.936. The molecule has 9 heteroatoms. The number of para-hydroxylation sites is 2. The monoisotopic (exact) mass is 464 g/mol. The van der Waals surface area contributed by atoms with Crippen LogP contribution in [0.25, 0.3) is 22.4 Å². The fourth-order valence-electron chi connectivity index (χ4n) is 3.39. The number of halogens is 1. The number of thiocarbonyl (C=S) groups is 1. The number of rotatable bonds is 3. The summed E-state index contributed by atoms with van der Waals surface area (Å²) in [7, 11) is 0. The van der Waals surface area contributed by atoms with E-state index in [0.717, 1.165) is 11.0 Å². The second kappa shape index (κ2) is 8.49. The van der Waals surface area contributed by atoms with Crippen LogP contribution >= 0.6 is 23.8 Å². The molecule has 3 aromatic carbocycles. The molecule has 0 saturated carbocycles. The first-order valence-corrected chi connectivity index (χ1v) is 10.6. The van der Waals surface area contributed by atoms with Crippen LogP contribution < -0.4 is 20.1 Å². The summed E-state index contributed by atoms with van der Waals surface area (Å²) < 4.78 is 11.0. The highest BCUT2D eigenvalue weighted by Gasteiger charge is 2.16. The molecule has 1 amide bonds. The molecule has 2 heterocycles. The van der Waals surface area contributed by atoms with Crippen LogP contribution in [0.4, 0.5) is 5.69 Å². The number of benzene rings is 3. The number of aromatic amines is 1. The van der Waals surface area contributed by atoms with Crippen molar-refractivity contribution < 1.29 is 14.3 Å². The zero-order chi connectivity index (χ0) is 22.1. The summed E-state index contributed by atoms with van der Waals surface area (Å²) >= 11 is 11.7. The molecule has 3 N–H and O–H groups in total. The average Bonchev–Trinajstić information content (AvgIpc) is 3.24. The number of amides is 1. The van der Waals surface area contributed by atoms with Crippen LogP contribution in [0, 0.1) is 0 Å². The lowest BCUT2D eigenvalue weighted by Gasteiger charge is -2.18. The largest absolute Gasteiger partial charge is 0.486 e. The van der Waals surface area contributed by atoms with Gasteiger partial charge < -0.3 is 19.8 Å². The Hall–Kier alpha value is -3.62. The van der Waals surface area contributed by atoms with Gasteiger partial charge in [0, 0.05) is 16.8 Å². The number of hydrogen-bond acceptors (Lipinski definition) is 5. The van der Waals surface area contributed by atoms with Crippen LogP contribution in [0.2, 0.25) is 5.02 Å². The summed E-state index contributed by atoms with van der Waals surface area (Å²) in [4.78, 5) is 20.5. The van der Waals surface area contributed by atoms with Gasteiger partial charge in [0.1, 0.15) is 19.0 Å². The molecular weight excluding hydrogens is 448 g/mol. The number of fused-ring (bicyclic) bond motifs is 2. The van der Waals surface area contributed by atoms with Gasteiger partial charge >= 0.3 is 0 Å². The van der Waals surface area contributed by atoms with Crippen molar-refractivity contribution in [1.82, 2.24) is 15.3 Å². The molecule has 0 unspecified atom stereocenters. The first kappa shape index (κ1) is 20.3. The zero-order valence-electron chi connectivity index (χ0n) is 16.6. The number of ether oxygens (including phenoxy) is 2. The Morgan fingerprint density at radius 3 is 2.69 bits per heavy atom. The van der Waals surface area contributed by atoms with Gasteiger partial charge in [-0.25, -0.2) is 4.98 Å². The number of aromatic nitrogens is 2. The van der Waals surface area contributed by atoms with Gasteiger partial charge in [0.05, 0.1) is 16.1 Å². The minimum atomic E-state index is -0.356. The van der Waals surface area contributed by atoms with Crippen molar-refractivity contribution in [3.05, 3.63) is 71.2 Å². The van der Waals surface area contributed by atoms with Gasteiger partial charge in [-0.2, -0.15) is 0 Å². The standard InChI is InChI=1S/C23H17ClN4O3S/c24-16-7-6-14(12-15(16)21-26-17-3-1-2-4-18(17)27-21)25-23(32)28-22(29)13-5-8-19-20(11-13)31-10-9-30-19/h1-8,11-12H,9-10H2,(H,26,27)(H2,25,28,29,32). The van der Waals surface area contributed by atoms with Crippen LogP contribution in [0.15, 0.2) is 60.7 Å². The van der Waals surface area contributed by atoms with E-state index in [1.54, 1.807) is 30.3 Å². The first-order valence-electron chi connectivity index (χ1n) is 9.83. The minimum Gasteiger partial charge on any atom is -0.486 e. The summed E-state index contributed by atoms with van der Waals surface area (Å²) in [6, 6.07) is 18.1. The van der Waals surface area contributed by atoms with Gasteiger partial charge in [-0.1, -0.05) is 23.7 Å². The third kappa shape index (κ3) is 4.10. The number of carbonyl (C=O) groups is 1. The highest BCUT2D eigenvalue weighted by atomic mass is 35.5. The smallest absolute Gasteiger partial charge is 0.257 e. The second-order valence-electron chi connectivity index (χ2n) is 7.06. The second-order valence-corrected chi connectivity index (χ2v) is 7.88. The number of H-pyrrole nitrogens is 1. The van der Waals surface area contributed by atoms with E-state index in [4.69, 9.17) is 33.3 Å². The molecule has 0 spiro atoms. The quantitative estimate of drug-likeness (QED) is 0.378. The SMILES string of the molecule is O=C(NC(=S)Nc1ccc(Cl)c(-c2nc3ccccc3[nH]2)c1)c1ccc2c(c1)OCCO2. The molecule has 7 nitrogen and oxygen atoms in total. The van der Waals surface area contributed by atoms with Crippen LogP contribution in [0.1, 0.15) is 10.4 Å². The highest BCUT2D eigenvalue weighted by Crippen LogP contribution is 2.31. The third-order valence-corrected chi connectivity index (χ3v) is 5.43. The molecular formula is C23H17ClN4O3S. The summed E-state index contributed by atoms with van der Waals surface area (Å²) in [5, 5.41) is 6.39. The molecule has 0 saturated heterocycles. The molecule has 1 aliphatic heterocycles. The number of nitrogens with zero attached hydrogens (tertiary/aromatic N) is 1. The predicted octanol–water partition coefficient (Wildman–Crippen LogP) is 4.78. The molecule has 32 heavy (non-hydrogen) atoms. The van der Waals surface area contributed by atoms with Gasteiger partial charge in [0.15, 0.2) is 16.6 Å². The number of imidazole rings is 1. The third-order valence-electron chi connectivity index (χ3n) is 4.90. The van der Waals surface area contributed by atoms with Gasteiger partial charge in [0.2, 0.25) is 0 Å². The predicted molar refractivity (Wildman–Crippen MR) is 128 cm³/mol. The molecule has 0 radical (unpaired) electrons. The normalized spacial score (nSPS) is 12.4. The first-order chi connectivity index (χ1) is 15.6. The lowest BCUT2D eigenvalue weighted by Crippen LogP contribution is -2.34. The number of anilines is 1. The number of nitrogens with one attached hydrogen (secondary N) is 3. The van der Waals surface area contributed by atoms with E-state index in [9.17, 15) is 4.79 Å². The van der Waals surface area contributed by atoms with E-state index >= 15 is 0 Å². The molecule has 1 aromatic heterocycles. The van der Waals surface area contributed by atoms with E-state index < -0.39 is 0 Å². The topological polar surface area (TPSA) is 88.3 Å². The van der Waals surface area contributed by atoms with Crippen molar-refractivity contribution >= 4 is 51.6 Å². The maximum Gasteiger partial charge on any atom is 0.257 e. The number of hydrogen-bond donors (Lipinski definition) is 3. The Morgan fingerprint density at radius 2 is 1.84 bits per heavy atom. The van der Waals surface area contributed by atoms with Gasteiger partial charge in [0.25, 0.3) is 5.91 Å². The van der Waals surface area contributed by atoms with Crippen LogP contribution in [-0.2, 0) is 0 Å². The Morgan fingerprint density at radius 1 is 1.03 bits per heavy atom. The maximum absolute atomic E-state index is 12.6. The Kier molecular flexibility index (Phi) is 5.38. The van der Waals surface area contributed by atoms with Crippen LogP contribution in [-0.4, -0.2) is 34.2 Å². The molecule has 0 aliphatic carbocycles. The zero-order valence-corrected chi connectivity index (χ0v) is 18.2. The Labute approximate surface area is 193 Å². The van der Waals surface area contributed by atoms with E-state index in [1.165, 1.54) is 0 Å². The Bertz CT molecular complexity index is 1320. The summed E-state index contributed by atoms with van der Waals surface area (Å²) in [5.41, 5.74) is 3.56. The van der Waals surface area contributed by atoms with Crippen LogP contribution in [0.3, 0.4) is 0 Å². The van der Waals surface area contributed by atoms with Gasteiger partial charge in [-0.15, -0.1) is 0 Å². The van der Waals surface area contributed by atoms with Crippen molar-refractivity contribution in [2.24, 2.45) is 0 Å². The van der Waals surface area contributed by atoms with Gasteiger partial charge in [-0.3, -0.25) is 10.1 Å². The van der Waals surface area contributed by atoms with E-state index in [2.05, 4.69) is 20.6 Å². The Balaban J connectivity index is 1.31. The fraction of sp³-hybridized carbons (Fsp3) is 0.0870. The van der Waals surface area contributed by atoms with Crippen LogP contribution in [0.5, 0.6) is 11.5 Å². The van der Waals surface area contributed by atoms with E-state index in [0.29, 0.717) is 52.4 Å². The van der Waals surface area contributed by atoms with Crippen molar-refractivity contribution in [3.8, 4) is 22.9 Å². The van der Waals surface area contributed by atoms with Crippen molar-refractivity contribution in [2.75, 3.05) is 18.5 Å². The molecule has 4 aromatic rings. The lowest BCUT2D eigenvalue weighted by molar-refractivity contribution is 0.0976. The van der Waals surface area contributed by atoms with E-state index in [-0.39, 0.29) is 11.0 Å². The van der Waals surface area contributed by atoms with E-state index in [1.807, 2.05) is 30.3 Å². The van der Waals surface area contributed by atoms with Crippen molar-refractivity contribution in [1.29, 1.82) is 0 Å². The highest BCUT2D eigenvalue weighted by molar-refractivity contribution is 7.80. The minimum absolute atomic E-state index is 0.155. The fourth-order valence-corrected chi connectivity index (χ4v) is 3.80. The van der Waals surface area contributed by atoms with Crippen molar-refractivity contribution in [3.63, 3.8) is 0 Å². The summed E-state index contributed by atoms with van der Waals surface area (Å²) in [5.74, 6) is 1.45.